The first-order valence-electron chi connectivity index (χ1n) is 14.9. The lowest BCUT2D eigenvalue weighted by atomic mass is 9.42. The number of hydrogen-bond donors (Lipinski definition) is 6. The molecule has 2 unspecified atom stereocenters. The van der Waals surface area contributed by atoms with Crippen LogP contribution in [0.4, 0.5) is 5.69 Å². The molecule has 2 fully saturated rings. The van der Waals surface area contributed by atoms with Gasteiger partial charge in [0.05, 0.1) is 23.2 Å². The van der Waals surface area contributed by atoms with E-state index in [0.29, 0.717) is 23.4 Å². The van der Waals surface area contributed by atoms with Crippen LogP contribution in [0.1, 0.15) is 44.9 Å². The number of nitrogens with zero attached hydrogens (tertiary/aromatic N) is 3. The summed E-state index contributed by atoms with van der Waals surface area (Å²) in [6.07, 6.45) is -0.602. The molecule has 1 amide bonds. The quantitative estimate of drug-likeness (QED) is 0.204. The van der Waals surface area contributed by atoms with Gasteiger partial charge in [-0.05, 0) is 64.0 Å². The minimum atomic E-state index is -2.79. The van der Waals surface area contributed by atoms with E-state index in [2.05, 4.69) is 10.3 Å². The largest absolute Gasteiger partial charge is 0.507 e. The molecule has 0 aliphatic heterocycles. The number of primary amides is 1. The second kappa shape index (κ2) is 10.8. The molecule has 0 saturated heterocycles. The van der Waals surface area contributed by atoms with E-state index in [1.54, 1.807) is 31.1 Å². The predicted molar refractivity (Wildman–Crippen MR) is 166 cm³/mol. The number of rotatable bonds is 7. The van der Waals surface area contributed by atoms with Crippen molar-refractivity contribution in [2.24, 2.45) is 34.5 Å². The maximum atomic E-state index is 14.6. The third-order valence-electron chi connectivity index (χ3n) is 10.1. The highest BCUT2D eigenvalue weighted by Gasteiger charge is 2.78. The number of phenols is 1. The van der Waals surface area contributed by atoms with Crippen molar-refractivity contribution >= 4 is 34.7 Å². The molecule has 244 valence electrons. The molecule has 2 saturated carbocycles. The topological polar surface area (TPSA) is 242 Å². The standard InChI is InChI=1S/C32H40N8O6/c1-14-7-17(38-15(14)2)11-37-10-16-8-19(39(3)4)18-9-30(35)12-32(36)26(40(5)6)25(43)21(29(34)46)27(44)31(32,13-33)28(45)22(30)24(42)20(18)23(16)41/h7-8,21-22,26,37-38,41H,9-12,35-36H2,1-6H3,(H2,34,46)/t21?,22?,26-,30-,31+,32-/m1/s1. The molecule has 0 spiro atoms. The molecular formula is C32H40N8O6. The van der Waals surface area contributed by atoms with E-state index < -0.39 is 69.8 Å². The van der Waals surface area contributed by atoms with Crippen LogP contribution in [-0.2, 0) is 38.7 Å². The number of phenolic OH excluding ortho intramolecular Hbond substituents is 1. The number of carbonyl (C=O) groups is 5. The first-order valence-corrected chi connectivity index (χ1v) is 14.9. The van der Waals surface area contributed by atoms with Gasteiger partial charge in [-0.1, -0.05) is 0 Å². The number of aryl methyl sites for hydroxylation is 2. The third kappa shape index (κ3) is 4.33. The summed E-state index contributed by atoms with van der Waals surface area (Å²) in [6.45, 7) is 4.56. The molecule has 1 aromatic carbocycles. The van der Waals surface area contributed by atoms with E-state index >= 15 is 0 Å². The van der Waals surface area contributed by atoms with Crippen molar-refractivity contribution < 1.29 is 29.1 Å². The van der Waals surface area contributed by atoms with Crippen LogP contribution < -0.4 is 27.4 Å². The number of aromatic amines is 1. The van der Waals surface area contributed by atoms with Crippen molar-refractivity contribution in [2.75, 3.05) is 33.1 Å². The second-order valence-corrected chi connectivity index (χ2v) is 13.5. The Morgan fingerprint density at radius 3 is 2.28 bits per heavy atom. The lowest BCUT2D eigenvalue weighted by Gasteiger charge is -2.60. The van der Waals surface area contributed by atoms with Gasteiger partial charge >= 0.3 is 0 Å². The molecule has 6 atom stereocenters. The summed E-state index contributed by atoms with van der Waals surface area (Å²) < 4.78 is 0. The fourth-order valence-electron chi connectivity index (χ4n) is 8.02. The van der Waals surface area contributed by atoms with Crippen molar-refractivity contribution in [3.05, 3.63) is 45.8 Å². The van der Waals surface area contributed by atoms with E-state index in [4.69, 9.17) is 17.2 Å². The van der Waals surface area contributed by atoms with E-state index in [-0.39, 0.29) is 24.3 Å². The van der Waals surface area contributed by atoms with Gasteiger partial charge in [-0.2, -0.15) is 5.26 Å². The van der Waals surface area contributed by atoms with Gasteiger partial charge in [0.1, 0.15) is 11.7 Å². The number of nitrogens with two attached hydrogens (primary N) is 3. The summed E-state index contributed by atoms with van der Waals surface area (Å²) in [5.74, 6) is -9.96. The second-order valence-electron chi connectivity index (χ2n) is 13.5. The number of amides is 1. The van der Waals surface area contributed by atoms with E-state index in [1.165, 1.54) is 19.0 Å². The number of benzene rings is 1. The van der Waals surface area contributed by atoms with Crippen molar-refractivity contribution in [1.29, 1.82) is 5.26 Å². The number of hydrogen-bond acceptors (Lipinski definition) is 12. The molecule has 2 aromatic rings. The molecule has 0 bridgehead atoms. The summed E-state index contributed by atoms with van der Waals surface area (Å²) in [5, 5.41) is 25.4. The Bertz CT molecular complexity index is 1740. The summed E-state index contributed by atoms with van der Waals surface area (Å²) in [7, 11) is 6.44. The average molecular weight is 633 g/mol. The molecule has 9 N–H and O–H groups in total. The minimum absolute atomic E-state index is 0.136. The fourth-order valence-corrected chi connectivity index (χ4v) is 8.02. The highest BCUT2D eigenvalue weighted by atomic mass is 16.3. The molecule has 46 heavy (non-hydrogen) atoms. The zero-order valence-electron chi connectivity index (χ0n) is 26.8. The lowest BCUT2D eigenvalue weighted by Crippen LogP contribution is -2.85. The number of aromatic nitrogens is 1. The number of fused-ring (bicyclic) bond motifs is 3. The van der Waals surface area contributed by atoms with E-state index in [1.807, 2.05) is 19.9 Å². The molecule has 5 rings (SSSR count). The minimum Gasteiger partial charge on any atom is -0.507 e. The first kappa shape index (κ1) is 33.0. The number of Topliss-reactive ketones (excluding diaryl/α,β-unsaturated/α-hetero) is 4. The highest BCUT2D eigenvalue weighted by molar-refractivity contribution is 6.33. The van der Waals surface area contributed by atoms with Crippen molar-refractivity contribution in [3.8, 4) is 11.8 Å². The smallest absolute Gasteiger partial charge is 0.235 e. The Labute approximate surface area is 266 Å². The zero-order chi connectivity index (χ0) is 34.3. The first-order chi connectivity index (χ1) is 21.4. The van der Waals surface area contributed by atoms with Gasteiger partial charge in [0.15, 0.2) is 34.5 Å². The molecule has 14 heteroatoms. The van der Waals surface area contributed by atoms with E-state index in [9.17, 15) is 34.3 Å². The van der Waals surface area contributed by atoms with Gasteiger partial charge in [0, 0.05) is 55.4 Å². The number of ketones is 4. The van der Waals surface area contributed by atoms with E-state index in [0.717, 1.165) is 17.0 Å². The number of carbonyl (C=O) groups excluding carboxylic acids is 5. The van der Waals surface area contributed by atoms with Crippen LogP contribution in [0.25, 0.3) is 0 Å². The van der Waals surface area contributed by atoms with Gasteiger partial charge in [0.25, 0.3) is 0 Å². The van der Waals surface area contributed by atoms with Gasteiger partial charge in [-0.3, -0.25) is 28.9 Å². The number of likely N-dealkylation sites (N-methyl/N-ethyl adjacent to an activating group) is 1. The van der Waals surface area contributed by atoms with Gasteiger partial charge in [-0.25, -0.2) is 0 Å². The average Bonchev–Trinajstić information content (AvgIpc) is 3.24. The SMILES string of the molecule is Cc1cc(CNCc2cc(N(C)C)c3c(c2O)C(=O)C2C(=O)[C@]4(C#N)C(=O)C(C(N)=O)C(=O)[C@@H](N(C)C)[C@]4(N)C[C@]2(N)C3)[nH]c1C. The number of anilines is 1. The zero-order valence-corrected chi connectivity index (χ0v) is 26.8. The van der Waals surface area contributed by atoms with Crippen LogP contribution in [0.2, 0.25) is 0 Å². The van der Waals surface area contributed by atoms with Crippen molar-refractivity contribution in [2.45, 2.75) is 56.9 Å². The Morgan fingerprint density at radius 1 is 1.11 bits per heavy atom. The van der Waals surface area contributed by atoms with Gasteiger partial charge < -0.3 is 37.5 Å². The molecular weight excluding hydrogens is 592 g/mol. The summed E-state index contributed by atoms with van der Waals surface area (Å²) in [4.78, 5) is 75.3. The number of aromatic hydroxyl groups is 1. The number of nitriles is 1. The maximum absolute atomic E-state index is 14.6. The summed E-state index contributed by atoms with van der Waals surface area (Å²) in [6, 6.07) is 4.01. The molecule has 1 aromatic heterocycles. The number of H-pyrrole nitrogens is 1. The maximum Gasteiger partial charge on any atom is 0.235 e. The van der Waals surface area contributed by atoms with Crippen molar-refractivity contribution in [1.82, 2.24) is 15.2 Å². The number of nitrogens with one attached hydrogen (secondary N) is 2. The third-order valence-corrected chi connectivity index (χ3v) is 10.1. The van der Waals surface area contributed by atoms with Crippen LogP contribution in [0, 0.1) is 42.4 Å². The predicted octanol–water partition coefficient (Wildman–Crippen LogP) is -0.891. The Balaban J connectivity index is 1.65. The Kier molecular flexibility index (Phi) is 7.77. The molecule has 1 heterocycles. The molecule has 0 radical (unpaired) electrons. The molecule has 14 nitrogen and oxygen atoms in total. The van der Waals surface area contributed by atoms with Gasteiger partial charge in [-0.15, -0.1) is 0 Å². The Hall–Kier alpha value is -4.42. The summed E-state index contributed by atoms with van der Waals surface area (Å²) >= 11 is 0. The van der Waals surface area contributed by atoms with Crippen molar-refractivity contribution in [3.63, 3.8) is 0 Å². The van der Waals surface area contributed by atoms with Crippen LogP contribution in [0.3, 0.4) is 0 Å². The van der Waals surface area contributed by atoms with Crippen LogP contribution in [0.5, 0.6) is 5.75 Å². The normalized spacial score (nSPS) is 30.5. The fraction of sp³-hybridized carbons (Fsp3) is 0.500. The van der Waals surface area contributed by atoms with Crippen LogP contribution in [0.15, 0.2) is 12.1 Å². The van der Waals surface area contributed by atoms with Crippen LogP contribution in [-0.4, -0.2) is 89.3 Å². The van der Waals surface area contributed by atoms with Crippen LogP contribution >= 0.6 is 0 Å². The lowest BCUT2D eigenvalue weighted by molar-refractivity contribution is -0.166. The Morgan fingerprint density at radius 2 is 1.76 bits per heavy atom. The molecule has 3 aliphatic rings. The summed E-state index contributed by atoms with van der Waals surface area (Å²) in [5.41, 5.74) is 16.8. The van der Waals surface area contributed by atoms with Gasteiger partial charge in [0.2, 0.25) is 5.91 Å². The molecule has 3 aliphatic carbocycles. The monoisotopic (exact) mass is 632 g/mol. The highest BCUT2D eigenvalue weighted by Crippen LogP contribution is 2.57.